The Morgan fingerprint density at radius 2 is 1.93 bits per heavy atom. The SMILES string of the molecule is O=C1CN(CC2CCCCC2)C(=O)N1. The van der Waals surface area contributed by atoms with E-state index >= 15 is 0 Å². The highest BCUT2D eigenvalue weighted by atomic mass is 16.2. The van der Waals surface area contributed by atoms with Crippen LogP contribution in [0.5, 0.6) is 0 Å². The third-order valence-corrected chi connectivity index (χ3v) is 3.07. The van der Waals surface area contributed by atoms with Gasteiger partial charge >= 0.3 is 6.03 Å². The van der Waals surface area contributed by atoms with E-state index in [0.29, 0.717) is 5.92 Å². The summed E-state index contributed by atoms with van der Waals surface area (Å²) in [6.45, 7) is 1.02. The van der Waals surface area contributed by atoms with Crippen LogP contribution >= 0.6 is 0 Å². The van der Waals surface area contributed by atoms with Gasteiger partial charge in [0.05, 0.1) is 0 Å². The van der Waals surface area contributed by atoms with Crippen LogP contribution in [0.1, 0.15) is 32.1 Å². The van der Waals surface area contributed by atoms with E-state index in [1.807, 2.05) is 0 Å². The largest absolute Gasteiger partial charge is 0.324 e. The maximum absolute atomic E-state index is 11.3. The summed E-state index contributed by atoms with van der Waals surface area (Å²) >= 11 is 0. The van der Waals surface area contributed by atoms with Crippen LogP contribution in [0.2, 0.25) is 0 Å². The van der Waals surface area contributed by atoms with Crippen LogP contribution in [0.3, 0.4) is 0 Å². The van der Waals surface area contributed by atoms with Gasteiger partial charge in [0.25, 0.3) is 0 Å². The van der Waals surface area contributed by atoms with E-state index in [4.69, 9.17) is 0 Å². The molecule has 2 rings (SSSR count). The highest BCUT2D eigenvalue weighted by Crippen LogP contribution is 2.24. The number of carbonyl (C=O) groups is 2. The lowest BCUT2D eigenvalue weighted by atomic mass is 9.89. The number of carbonyl (C=O) groups excluding carboxylic acids is 2. The minimum Gasteiger partial charge on any atom is -0.315 e. The van der Waals surface area contributed by atoms with Crippen LogP contribution in [-0.4, -0.2) is 29.9 Å². The number of hydrogen-bond acceptors (Lipinski definition) is 2. The molecule has 3 amide bonds. The van der Waals surface area contributed by atoms with Crippen molar-refractivity contribution in [3.05, 3.63) is 0 Å². The number of hydrogen-bond donors (Lipinski definition) is 1. The molecule has 4 nitrogen and oxygen atoms in total. The lowest BCUT2D eigenvalue weighted by Gasteiger charge is -2.25. The van der Waals surface area contributed by atoms with E-state index in [-0.39, 0.29) is 18.5 Å². The van der Waals surface area contributed by atoms with Crippen molar-refractivity contribution in [2.45, 2.75) is 32.1 Å². The number of imide groups is 1. The molecular weight excluding hydrogens is 180 g/mol. The van der Waals surface area contributed by atoms with E-state index in [1.165, 1.54) is 32.1 Å². The average molecular weight is 196 g/mol. The standard InChI is InChI=1S/C10H16N2O2/c13-9-7-12(10(14)11-9)6-8-4-2-1-3-5-8/h8H,1-7H2,(H,11,13,14). The first kappa shape index (κ1) is 9.49. The van der Waals surface area contributed by atoms with Gasteiger partial charge in [-0.05, 0) is 18.8 Å². The number of rotatable bonds is 2. The van der Waals surface area contributed by atoms with E-state index in [2.05, 4.69) is 5.32 Å². The summed E-state index contributed by atoms with van der Waals surface area (Å²) in [5.41, 5.74) is 0. The van der Waals surface area contributed by atoms with E-state index in [0.717, 1.165) is 6.54 Å². The Labute approximate surface area is 83.6 Å². The van der Waals surface area contributed by atoms with Gasteiger partial charge in [-0.1, -0.05) is 19.3 Å². The van der Waals surface area contributed by atoms with Gasteiger partial charge in [0, 0.05) is 6.54 Å². The van der Waals surface area contributed by atoms with Gasteiger partial charge in [-0.2, -0.15) is 0 Å². The van der Waals surface area contributed by atoms with E-state index in [1.54, 1.807) is 4.90 Å². The summed E-state index contributed by atoms with van der Waals surface area (Å²) in [4.78, 5) is 23.8. The molecule has 1 aliphatic carbocycles. The second kappa shape index (κ2) is 3.98. The van der Waals surface area contributed by atoms with Gasteiger partial charge in [-0.25, -0.2) is 4.79 Å². The molecule has 2 fully saturated rings. The average Bonchev–Trinajstić information content (AvgIpc) is 2.47. The fraction of sp³-hybridized carbons (Fsp3) is 0.800. The Morgan fingerprint density at radius 3 is 2.50 bits per heavy atom. The Morgan fingerprint density at radius 1 is 1.21 bits per heavy atom. The number of urea groups is 1. The molecule has 4 heteroatoms. The van der Waals surface area contributed by atoms with Gasteiger partial charge in [-0.3, -0.25) is 10.1 Å². The summed E-state index contributed by atoms with van der Waals surface area (Å²) in [5, 5.41) is 2.30. The summed E-state index contributed by atoms with van der Waals surface area (Å²) in [6.07, 6.45) is 6.28. The second-order valence-corrected chi connectivity index (χ2v) is 4.24. The maximum Gasteiger partial charge on any atom is 0.324 e. The zero-order valence-electron chi connectivity index (χ0n) is 8.29. The zero-order valence-corrected chi connectivity index (χ0v) is 8.29. The van der Waals surface area contributed by atoms with Crippen LogP contribution in [-0.2, 0) is 4.79 Å². The first-order chi connectivity index (χ1) is 6.75. The van der Waals surface area contributed by atoms with Crippen molar-refractivity contribution in [2.24, 2.45) is 5.92 Å². The van der Waals surface area contributed by atoms with Gasteiger partial charge in [0.2, 0.25) is 5.91 Å². The Hall–Kier alpha value is -1.06. The molecule has 0 bridgehead atoms. The maximum atomic E-state index is 11.3. The van der Waals surface area contributed by atoms with Gasteiger partial charge < -0.3 is 4.90 Å². The number of nitrogens with one attached hydrogen (secondary N) is 1. The number of amides is 3. The monoisotopic (exact) mass is 196 g/mol. The fourth-order valence-corrected chi connectivity index (χ4v) is 2.31. The molecular formula is C10H16N2O2. The highest BCUT2D eigenvalue weighted by Gasteiger charge is 2.28. The summed E-state index contributed by atoms with van der Waals surface area (Å²) < 4.78 is 0. The molecule has 1 saturated heterocycles. The Balaban J connectivity index is 1.84. The molecule has 0 aromatic rings. The minimum absolute atomic E-state index is 0.161. The van der Waals surface area contributed by atoms with Crippen molar-refractivity contribution in [2.75, 3.05) is 13.1 Å². The fourth-order valence-electron chi connectivity index (χ4n) is 2.31. The lowest BCUT2D eigenvalue weighted by Crippen LogP contribution is -2.33. The van der Waals surface area contributed by atoms with Crippen molar-refractivity contribution in [1.82, 2.24) is 10.2 Å². The van der Waals surface area contributed by atoms with E-state index < -0.39 is 0 Å². The van der Waals surface area contributed by atoms with Crippen molar-refractivity contribution >= 4 is 11.9 Å². The van der Waals surface area contributed by atoms with Gasteiger partial charge in [0.1, 0.15) is 6.54 Å². The summed E-state index contributed by atoms with van der Waals surface area (Å²) in [7, 11) is 0. The third-order valence-electron chi connectivity index (χ3n) is 3.07. The lowest BCUT2D eigenvalue weighted by molar-refractivity contribution is -0.118. The zero-order chi connectivity index (χ0) is 9.97. The van der Waals surface area contributed by atoms with Crippen LogP contribution < -0.4 is 5.32 Å². The predicted molar refractivity (Wildman–Crippen MR) is 51.7 cm³/mol. The van der Waals surface area contributed by atoms with Crippen LogP contribution in [0.4, 0.5) is 4.79 Å². The molecule has 1 aliphatic heterocycles. The third kappa shape index (κ3) is 2.05. The predicted octanol–water partition coefficient (Wildman–Crippen LogP) is 1.12. The van der Waals surface area contributed by atoms with Crippen molar-refractivity contribution in [3.8, 4) is 0 Å². The van der Waals surface area contributed by atoms with E-state index in [9.17, 15) is 9.59 Å². The molecule has 0 aromatic carbocycles. The van der Waals surface area contributed by atoms with Gasteiger partial charge in [0.15, 0.2) is 0 Å². The van der Waals surface area contributed by atoms with Crippen molar-refractivity contribution in [1.29, 1.82) is 0 Å². The Bertz CT molecular complexity index is 247. The molecule has 1 saturated carbocycles. The summed E-state index contributed by atoms with van der Waals surface area (Å²) in [5.74, 6) is 0.450. The molecule has 0 atom stereocenters. The molecule has 78 valence electrons. The Kier molecular flexibility index (Phi) is 2.70. The highest BCUT2D eigenvalue weighted by molar-refractivity contribution is 6.01. The van der Waals surface area contributed by atoms with Crippen molar-refractivity contribution in [3.63, 3.8) is 0 Å². The molecule has 0 unspecified atom stereocenters. The molecule has 0 aromatic heterocycles. The molecule has 0 radical (unpaired) electrons. The summed E-state index contributed by atoms with van der Waals surface area (Å²) in [6, 6.07) is -0.208. The van der Waals surface area contributed by atoms with Crippen LogP contribution in [0, 0.1) is 5.92 Å². The topological polar surface area (TPSA) is 49.4 Å². The quantitative estimate of drug-likeness (QED) is 0.673. The van der Waals surface area contributed by atoms with Crippen LogP contribution in [0.15, 0.2) is 0 Å². The van der Waals surface area contributed by atoms with Crippen molar-refractivity contribution < 1.29 is 9.59 Å². The molecule has 1 N–H and O–H groups in total. The first-order valence-electron chi connectivity index (χ1n) is 5.34. The van der Waals surface area contributed by atoms with Gasteiger partial charge in [-0.15, -0.1) is 0 Å². The molecule has 2 aliphatic rings. The first-order valence-corrected chi connectivity index (χ1v) is 5.34. The normalized spacial score (nSPS) is 24.1. The molecule has 0 spiro atoms. The molecule has 14 heavy (non-hydrogen) atoms. The second-order valence-electron chi connectivity index (χ2n) is 4.24. The minimum atomic E-state index is -0.208. The smallest absolute Gasteiger partial charge is 0.315 e. The molecule has 1 heterocycles. The van der Waals surface area contributed by atoms with Crippen LogP contribution in [0.25, 0.3) is 0 Å². The number of nitrogens with zero attached hydrogens (tertiary/aromatic N) is 1.